The summed E-state index contributed by atoms with van der Waals surface area (Å²) in [6, 6.07) is 1.48. The standard InChI is InChI=1S/C12H22N4O2S/c1-2-16-12(7-8-14-16)19(17,18)15-11-6-4-3-5-10(11)9-13/h7-8,10-11,15H,2-6,9,13H2,1H3. The van der Waals surface area contributed by atoms with Crippen molar-refractivity contribution < 1.29 is 8.42 Å². The molecule has 0 spiro atoms. The average Bonchev–Trinajstić information content (AvgIpc) is 2.88. The molecule has 0 aromatic carbocycles. The Bertz CT molecular complexity index is 512. The number of aryl methyl sites for hydroxylation is 1. The summed E-state index contributed by atoms with van der Waals surface area (Å²) in [6.07, 6.45) is 5.56. The van der Waals surface area contributed by atoms with E-state index >= 15 is 0 Å². The van der Waals surface area contributed by atoms with Crippen molar-refractivity contribution in [3.8, 4) is 0 Å². The maximum absolute atomic E-state index is 12.4. The Morgan fingerprint density at radius 2 is 2.21 bits per heavy atom. The van der Waals surface area contributed by atoms with Gasteiger partial charge in [0, 0.05) is 12.6 Å². The van der Waals surface area contributed by atoms with E-state index < -0.39 is 10.0 Å². The van der Waals surface area contributed by atoms with Crippen LogP contribution < -0.4 is 10.5 Å². The van der Waals surface area contributed by atoms with Gasteiger partial charge in [0.2, 0.25) is 0 Å². The third-order valence-corrected chi connectivity index (χ3v) is 5.28. The Kier molecular flexibility index (Phi) is 4.59. The molecule has 2 unspecified atom stereocenters. The van der Waals surface area contributed by atoms with Gasteiger partial charge in [-0.05, 0) is 38.3 Å². The van der Waals surface area contributed by atoms with E-state index in [9.17, 15) is 8.42 Å². The summed E-state index contributed by atoms with van der Waals surface area (Å²) in [5.74, 6) is 0.238. The first-order valence-electron chi connectivity index (χ1n) is 6.82. The van der Waals surface area contributed by atoms with Gasteiger partial charge in [0.1, 0.15) is 0 Å². The summed E-state index contributed by atoms with van der Waals surface area (Å²) in [6.45, 7) is 2.93. The lowest BCUT2D eigenvalue weighted by atomic mass is 9.85. The van der Waals surface area contributed by atoms with E-state index in [2.05, 4.69) is 9.82 Å². The fraction of sp³-hybridized carbons (Fsp3) is 0.750. The number of hydrogen-bond donors (Lipinski definition) is 2. The fourth-order valence-corrected chi connectivity index (χ4v) is 4.21. The summed E-state index contributed by atoms with van der Waals surface area (Å²) in [4.78, 5) is 0. The van der Waals surface area contributed by atoms with Gasteiger partial charge in [0.05, 0.1) is 6.20 Å². The minimum Gasteiger partial charge on any atom is -0.330 e. The summed E-state index contributed by atoms with van der Waals surface area (Å²) >= 11 is 0. The molecule has 1 heterocycles. The molecule has 1 aliphatic carbocycles. The van der Waals surface area contributed by atoms with Crippen LogP contribution in [0.25, 0.3) is 0 Å². The highest BCUT2D eigenvalue weighted by atomic mass is 32.2. The molecule has 0 radical (unpaired) electrons. The van der Waals surface area contributed by atoms with E-state index in [1.807, 2.05) is 6.92 Å². The number of hydrogen-bond acceptors (Lipinski definition) is 4. The first-order chi connectivity index (χ1) is 9.08. The van der Waals surface area contributed by atoms with Gasteiger partial charge in [0.25, 0.3) is 10.0 Å². The summed E-state index contributed by atoms with van der Waals surface area (Å²) in [5.41, 5.74) is 5.73. The largest absolute Gasteiger partial charge is 0.330 e. The normalized spacial score (nSPS) is 24.5. The van der Waals surface area contributed by atoms with Gasteiger partial charge in [-0.1, -0.05) is 12.8 Å². The van der Waals surface area contributed by atoms with Crippen LogP contribution in [-0.4, -0.2) is 30.8 Å². The number of nitrogens with zero attached hydrogens (tertiary/aromatic N) is 2. The Morgan fingerprint density at radius 1 is 1.47 bits per heavy atom. The highest BCUT2D eigenvalue weighted by molar-refractivity contribution is 7.89. The van der Waals surface area contributed by atoms with Gasteiger partial charge in [-0.2, -0.15) is 5.10 Å². The number of aromatic nitrogens is 2. The van der Waals surface area contributed by atoms with E-state index in [0.29, 0.717) is 13.1 Å². The SMILES string of the molecule is CCn1nccc1S(=O)(=O)NC1CCCCC1CN. The number of nitrogens with two attached hydrogens (primary N) is 1. The lowest BCUT2D eigenvalue weighted by molar-refractivity contribution is 0.295. The van der Waals surface area contributed by atoms with Crippen molar-refractivity contribution in [1.29, 1.82) is 0 Å². The van der Waals surface area contributed by atoms with Crippen molar-refractivity contribution in [3.63, 3.8) is 0 Å². The molecule has 1 aromatic rings. The van der Waals surface area contributed by atoms with E-state index in [4.69, 9.17) is 5.73 Å². The molecule has 0 aliphatic heterocycles. The Morgan fingerprint density at radius 3 is 2.89 bits per heavy atom. The van der Waals surface area contributed by atoms with E-state index in [0.717, 1.165) is 25.7 Å². The molecule has 1 fully saturated rings. The molecule has 2 atom stereocenters. The highest BCUT2D eigenvalue weighted by Crippen LogP contribution is 2.25. The van der Waals surface area contributed by atoms with E-state index in [-0.39, 0.29) is 17.0 Å². The second-order valence-corrected chi connectivity index (χ2v) is 6.65. The van der Waals surface area contributed by atoms with Gasteiger partial charge in [-0.15, -0.1) is 0 Å². The average molecular weight is 286 g/mol. The quantitative estimate of drug-likeness (QED) is 0.833. The molecule has 0 amide bonds. The van der Waals surface area contributed by atoms with Crippen molar-refractivity contribution in [3.05, 3.63) is 12.3 Å². The molecule has 1 aliphatic rings. The lowest BCUT2D eigenvalue weighted by Gasteiger charge is -2.30. The van der Waals surface area contributed by atoms with Crippen LogP contribution in [0, 0.1) is 5.92 Å². The zero-order valence-corrected chi connectivity index (χ0v) is 12.1. The van der Waals surface area contributed by atoms with Gasteiger partial charge in [-0.25, -0.2) is 13.1 Å². The molecule has 108 valence electrons. The molecule has 2 rings (SSSR count). The van der Waals surface area contributed by atoms with Crippen LogP contribution in [0.3, 0.4) is 0 Å². The highest BCUT2D eigenvalue weighted by Gasteiger charge is 2.29. The molecule has 1 aromatic heterocycles. The molecular weight excluding hydrogens is 264 g/mol. The summed E-state index contributed by atoms with van der Waals surface area (Å²) in [7, 11) is -3.51. The van der Waals surface area contributed by atoms with Crippen LogP contribution >= 0.6 is 0 Å². The smallest absolute Gasteiger partial charge is 0.257 e. The second kappa shape index (κ2) is 6.02. The van der Waals surface area contributed by atoms with Crippen molar-refractivity contribution in [2.75, 3.05) is 6.54 Å². The molecule has 3 N–H and O–H groups in total. The van der Waals surface area contributed by atoms with Crippen molar-refractivity contribution >= 4 is 10.0 Å². The van der Waals surface area contributed by atoms with Crippen LogP contribution in [0.2, 0.25) is 0 Å². The van der Waals surface area contributed by atoms with Crippen LogP contribution in [0.4, 0.5) is 0 Å². The first-order valence-corrected chi connectivity index (χ1v) is 8.31. The van der Waals surface area contributed by atoms with Crippen molar-refractivity contribution in [2.45, 2.75) is 50.2 Å². The first kappa shape index (κ1) is 14.5. The number of sulfonamides is 1. The summed E-state index contributed by atoms with van der Waals surface area (Å²) < 4.78 is 29.1. The molecule has 1 saturated carbocycles. The van der Waals surface area contributed by atoms with E-state index in [1.54, 1.807) is 0 Å². The molecule has 7 heteroatoms. The predicted molar refractivity (Wildman–Crippen MR) is 73.0 cm³/mol. The Labute approximate surface area is 114 Å². The topological polar surface area (TPSA) is 90.0 Å². The zero-order valence-electron chi connectivity index (χ0n) is 11.2. The maximum Gasteiger partial charge on any atom is 0.257 e. The Balaban J connectivity index is 2.16. The van der Waals surface area contributed by atoms with Crippen LogP contribution in [0.1, 0.15) is 32.6 Å². The molecule has 19 heavy (non-hydrogen) atoms. The van der Waals surface area contributed by atoms with Gasteiger partial charge < -0.3 is 5.73 Å². The molecular formula is C12H22N4O2S. The Hall–Kier alpha value is -0.920. The maximum atomic E-state index is 12.4. The van der Waals surface area contributed by atoms with Crippen molar-refractivity contribution in [1.82, 2.24) is 14.5 Å². The van der Waals surface area contributed by atoms with Gasteiger partial charge in [-0.3, -0.25) is 4.68 Å². The van der Waals surface area contributed by atoms with Gasteiger partial charge >= 0.3 is 0 Å². The third kappa shape index (κ3) is 3.16. The minimum absolute atomic E-state index is 0.0519. The van der Waals surface area contributed by atoms with Crippen LogP contribution in [0.5, 0.6) is 0 Å². The van der Waals surface area contributed by atoms with Crippen LogP contribution in [0.15, 0.2) is 17.3 Å². The number of rotatable bonds is 5. The van der Waals surface area contributed by atoms with E-state index in [1.165, 1.54) is 16.9 Å². The monoisotopic (exact) mass is 286 g/mol. The third-order valence-electron chi connectivity index (χ3n) is 3.77. The molecule has 0 saturated heterocycles. The lowest BCUT2D eigenvalue weighted by Crippen LogP contribution is -2.45. The van der Waals surface area contributed by atoms with Crippen molar-refractivity contribution in [2.24, 2.45) is 11.7 Å². The summed E-state index contributed by atoms with van der Waals surface area (Å²) in [5, 5.41) is 4.24. The zero-order chi connectivity index (χ0) is 13.9. The predicted octanol–water partition coefficient (Wildman–Crippen LogP) is 0.699. The fourth-order valence-electron chi connectivity index (χ4n) is 2.69. The molecule has 0 bridgehead atoms. The van der Waals surface area contributed by atoms with Crippen LogP contribution in [-0.2, 0) is 16.6 Å². The minimum atomic E-state index is -3.51. The van der Waals surface area contributed by atoms with Gasteiger partial charge in [0.15, 0.2) is 5.03 Å². The molecule has 6 nitrogen and oxygen atoms in total. The number of nitrogens with one attached hydrogen (secondary N) is 1. The second-order valence-electron chi connectivity index (χ2n) is 4.99.